The number of nitrogens with zero attached hydrogens (tertiary/aromatic N) is 2. The van der Waals surface area contributed by atoms with Gasteiger partial charge in [0.2, 0.25) is 21.8 Å². The summed E-state index contributed by atoms with van der Waals surface area (Å²) in [7, 11) is -1.14. The van der Waals surface area contributed by atoms with Crippen LogP contribution in [0.4, 0.5) is 5.69 Å². The Hall–Kier alpha value is -2.69. The molecule has 12 heteroatoms. The highest BCUT2D eigenvalue weighted by Crippen LogP contribution is 2.34. The maximum absolute atomic E-state index is 13.7. The highest BCUT2D eigenvalue weighted by molar-refractivity contribution is 7.92. The number of carbonyl (C=O) groups excluding carboxylic acids is 2. The lowest BCUT2D eigenvalue weighted by atomic mass is 10.1. The summed E-state index contributed by atoms with van der Waals surface area (Å²) in [5.41, 5.74) is 0.553. The number of halogens is 2. The van der Waals surface area contributed by atoms with E-state index >= 15 is 0 Å². The third kappa shape index (κ3) is 7.90. The fourth-order valence-corrected chi connectivity index (χ4v) is 4.85. The number of benzene rings is 2. The number of hydrogen-bond acceptors (Lipinski definition) is 6. The highest BCUT2D eigenvalue weighted by Gasteiger charge is 2.32. The minimum absolute atomic E-state index is 0.112. The van der Waals surface area contributed by atoms with E-state index in [2.05, 4.69) is 5.32 Å². The molecule has 2 atom stereocenters. The monoisotopic (exact) mass is 573 g/mol. The van der Waals surface area contributed by atoms with Crippen molar-refractivity contribution in [3.8, 4) is 11.5 Å². The lowest BCUT2D eigenvalue weighted by Crippen LogP contribution is -2.52. The average molecular weight is 575 g/mol. The van der Waals surface area contributed by atoms with Crippen molar-refractivity contribution in [2.75, 3.05) is 31.3 Å². The van der Waals surface area contributed by atoms with E-state index in [1.165, 1.54) is 25.2 Å². The topological polar surface area (TPSA) is 105 Å². The first-order chi connectivity index (χ1) is 17.3. The minimum atomic E-state index is -3.96. The molecule has 2 amide bonds. The largest absolute Gasteiger partial charge is 0.497 e. The smallest absolute Gasteiger partial charge is 0.244 e. The summed E-state index contributed by atoms with van der Waals surface area (Å²) in [6.45, 7) is 4.62. The zero-order valence-corrected chi connectivity index (χ0v) is 24.1. The molecule has 204 valence electrons. The number of ether oxygens (including phenoxy) is 2. The molecule has 1 N–H and O–H groups in total. The van der Waals surface area contributed by atoms with Crippen LogP contribution in [0.25, 0.3) is 0 Å². The Morgan fingerprint density at radius 3 is 2.19 bits per heavy atom. The fourth-order valence-electron chi connectivity index (χ4n) is 3.49. The van der Waals surface area contributed by atoms with Gasteiger partial charge in [-0.1, -0.05) is 36.2 Å². The molecule has 0 spiro atoms. The number of nitrogens with one attached hydrogen (secondary N) is 1. The van der Waals surface area contributed by atoms with Gasteiger partial charge in [0.1, 0.15) is 24.1 Å². The molecule has 37 heavy (non-hydrogen) atoms. The van der Waals surface area contributed by atoms with Gasteiger partial charge >= 0.3 is 0 Å². The predicted molar refractivity (Wildman–Crippen MR) is 146 cm³/mol. The Balaban J connectivity index is 2.54. The van der Waals surface area contributed by atoms with Crippen LogP contribution in [-0.2, 0) is 26.2 Å². The molecule has 2 aromatic carbocycles. The fraction of sp³-hybridized carbons (Fsp3) is 0.440. The zero-order valence-electron chi connectivity index (χ0n) is 21.7. The number of amides is 2. The van der Waals surface area contributed by atoms with Crippen LogP contribution in [0.5, 0.6) is 11.5 Å². The quantitative estimate of drug-likeness (QED) is 0.409. The van der Waals surface area contributed by atoms with Crippen LogP contribution in [0.15, 0.2) is 36.4 Å². The second-order valence-corrected chi connectivity index (χ2v) is 11.2. The molecule has 0 saturated heterocycles. The summed E-state index contributed by atoms with van der Waals surface area (Å²) in [6, 6.07) is 8.45. The Labute approximate surface area is 228 Å². The molecule has 2 rings (SSSR count). The van der Waals surface area contributed by atoms with Crippen molar-refractivity contribution < 1.29 is 27.5 Å². The molecule has 0 aliphatic rings. The van der Waals surface area contributed by atoms with Gasteiger partial charge in [0.15, 0.2) is 0 Å². The van der Waals surface area contributed by atoms with Gasteiger partial charge in [0.05, 0.1) is 26.2 Å². The number of rotatable bonds is 12. The van der Waals surface area contributed by atoms with Crippen LogP contribution in [0, 0.1) is 0 Å². The molecule has 0 aromatic heterocycles. The second kappa shape index (κ2) is 13.2. The molecule has 0 saturated carbocycles. The van der Waals surface area contributed by atoms with E-state index in [-0.39, 0.29) is 24.0 Å². The summed E-state index contributed by atoms with van der Waals surface area (Å²) >= 11 is 12.7. The predicted octanol–water partition coefficient (Wildman–Crippen LogP) is 4.11. The molecule has 0 fully saturated rings. The Bertz CT molecular complexity index is 1200. The third-order valence-electron chi connectivity index (χ3n) is 5.89. The van der Waals surface area contributed by atoms with Crippen LogP contribution in [0.3, 0.4) is 0 Å². The summed E-state index contributed by atoms with van der Waals surface area (Å²) in [4.78, 5) is 28.0. The van der Waals surface area contributed by atoms with Crippen molar-refractivity contribution in [3.05, 3.63) is 52.0 Å². The van der Waals surface area contributed by atoms with Crippen LogP contribution in [0.1, 0.15) is 32.8 Å². The Morgan fingerprint density at radius 2 is 1.68 bits per heavy atom. The SMILES string of the molecule is CC[C@@H](C)NC(=O)[C@H](C)N(Cc1c(Cl)cccc1Cl)C(=O)CN(c1cc(OC)ccc1OC)S(C)(=O)=O. The summed E-state index contributed by atoms with van der Waals surface area (Å²) in [5.74, 6) is -0.436. The van der Waals surface area contributed by atoms with E-state index in [1.54, 1.807) is 37.3 Å². The van der Waals surface area contributed by atoms with Crippen LogP contribution in [0.2, 0.25) is 10.0 Å². The van der Waals surface area contributed by atoms with E-state index < -0.39 is 34.4 Å². The number of sulfonamides is 1. The maximum atomic E-state index is 13.7. The summed E-state index contributed by atoms with van der Waals surface area (Å²) < 4.78 is 37.2. The molecule has 0 unspecified atom stereocenters. The van der Waals surface area contributed by atoms with Crippen molar-refractivity contribution in [2.45, 2.75) is 45.8 Å². The van der Waals surface area contributed by atoms with Crippen molar-refractivity contribution in [1.29, 1.82) is 0 Å². The van der Waals surface area contributed by atoms with E-state index in [9.17, 15) is 18.0 Å². The van der Waals surface area contributed by atoms with Gasteiger partial charge in [-0.25, -0.2) is 8.42 Å². The summed E-state index contributed by atoms with van der Waals surface area (Å²) in [5, 5.41) is 3.49. The van der Waals surface area contributed by atoms with Gasteiger partial charge in [0.25, 0.3) is 0 Å². The van der Waals surface area contributed by atoms with Gasteiger partial charge in [-0.2, -0.15) is 0 Å². The van der Waals surface area contributed by atoms with Gasteiger partial charge in [-0.3, -0.25) is 13.9 Å². The second-order valence-electron chi connectivity index (χ2n) is 8.52. The minimum Gasteiger partial charge on any atom is -0.497 e. The highest BCUT2D eigenvalue weighted by atomic mass is 35.5. The summed E-state index contributed by atoms with van der Waals surface area (Å²) in [6.07, 6.45) is 1.67. The van der Waals surface area contributed by atoms with Crippen LogP contribution < -0.4 is 19.1 Å². The number of carbonyl (C=O) groups is 2. The lowest BCUT2D eigenvalue weighted by Gasteiger charge is -2.32. The number of anilines is 1. The van der Waals surface area contributed by atoms with Gasteiger partial charge in [-0.15, -0.1) is 0 Å². The molecule has 2 aromatic rings. The van der Waals surface area contributed by atoms with E-state index in [0.29, 0.717) is 27.8 Å². The Morgan fingerprint density at radius 1 is 1.05 bits per heavy atom. The molecule has 9 nitrogen and oxygen atoms in total. The van der Waals surface area contributed by atoms with Crippen molar-refractivity contribution in [2.24, 2.45) is 0 Å². The maximum Gasteiger partial charge on any atom is 0.244 e. The van der Waals surface area contributed by atoms with Crippen LogP contribution in [-0.4, -0.2) is 64.2 Å². The first-order valence-electron chi connectivity index (χ1n) is 11.6. The lowest BCUT2D eigenvalue weighted by molar-refractivity contribution is -0.139. The molecule has 0 aliphatic heterocycles. The van der Waals surface area contributed by atoms with E-state index in [0.717, 1.165) is 10.6 Å². The first-order valence-corrected chi connectivity index (χ1v) is 14.2. The molecule has 0 heterocycles. The van der Waals surface area contributed by atoms with Crippen LogP contribution >= 0.6 is 23.2 Å². The van der Waals surface area contributed by atoms with E-state index in [1.807, 2.05) is 13.8 Å². The Kier molecular flexibility index (Phi) is 10.9. The van der Waals surface area contributed by atoms with Crippen molar-refractivity contribution >= 4 is 50.7 Å². The first kappa shape index (κ1) is 30.5. The van der Waals surface area contributed by atoms with Gasteiger partial charge in [-0.05, 0) is 44.5 Å². The molecule has 0 aliphatic carbocycles. The van der Waals surface area contributed by atoms with Gasteiger partial charge in [0, 0.05) is 34.3 Å². The third-order valence-corrected chi connectivity index (χ3v) is 7.73. The zero-order chi connectivity index (χ0) is 27.9. The number of hydrogen-bond donors (Lipinski definition) is 1. The standard InChI is InChI=1S/C25H33Cl2N3O6S/c1-7-16(2)28-25(32)17(3)29(14-19-20(26)9-8-10-21(19)27)24(31)15-30(37(6,33)34)22-13-18(35-4)11-12-23(22)36-5/h8-13,16-17H,7,14-15H2,1-6H3,(H,28,32)/t16-,17+/m1/s1. The molecular weight excluding hydrogens is 541 g/mol. The van der Waals surface area contributed by atoms with Crippen molar-refractivity contribution in [3.63, 3.8) is 0 Å². The van der Waals surface area contributed by atoms with Gasteiger partial charge < -0.3 is 19.7 Å². The normalized spacial score (nSPS) is 12.9. The number of methoxy groups -OCH3 is 2. The van der Waals surface area contributed by atoms with E-state index in [4.69, 9.17) is 32.7 Å². The molecular formula is C25H33Cl2N3O6S. The molecule has 0 radical (unpaired) electrons. The average Bonchev–Trinajstić information content (AvgIpc) is 2.85. The van der Waals surface area contributed by atoms with Crippen molar-refractivity contribution in [1.82, 2.24) is 10.2 Å². The molecule has 0 bridgehead atoms.